The van der Waals surface area contributed by atoms with Crippen molar-refractivity contribution < 1.29 is 18.3 Å². The summed E-state index contributed by atoms with van der Waals surface area (Å²) >= 11 is 0. The minimum absolute atomic E-state index is 0.0249. The van der Waals surface area contributed by atoms with Crippen LogP contribution in [-0.2, 0) is 14.8 Å². The van der Waals surface area contributed by atoms with Gasteiger partial charge < -0.3 is 9.84 Å². The molecule has 0 aromatic carbocycles. The maximum absolute atomic E-state index is 11.7. The highest BCUT2D eigenvalue weighted by atomic mass is 32.2. The fraction of sp³-hybridized carbons (Fsp3) is 1.00. The molecule has 96 valence electrons. The van der Waals surface area contributed by atoms with E-state index in [1.165, 1.54) is 0 Å². The van der Waals surface area contributed by atoms with E-state index in [9.17, 15) is 8.42 Å². The molecule has 1 fully saturated rings. The molecule has 0 spiro atoms. The zero-order valence-electron chi connectivity index (χ0n) is 9.85. The van der Waals surface area contributed by atoms with Crippen LogP contribution < -0.4 is 4.72 Å². The lowest BCUT2D eigenvalue weighted by Gasteiger charge is -2.17. The molecular formula is C10H21NO4S. The summed E-state index contributed by atoms with van der Waals surface area (Å²) in [5.74, 6) is 0.0249. The number of rotatable bonds is 6. The van der Waals surface area contributed by atoms with Crippen molar-refractivity contribution in [1.82, 2.24) is 4.72 Å². The van der Waals surface area contributed by atoms with Crippen LogP contribution in [0.5, 0.6) is 0 Å². The second-order valence-electron chi connectivity index (χ2n) is 4.52. The topological polar surface area (TPSA) is 75.6 Å². The van der Waals surface area contributed by atoms with Crippen LogP contribution in [0.4, 0.5) is 0 Å². The van der Waals surface area contributed by atoms with E-state index in [-0.39, 0.29) is 17.9 Å². The quantitative estimate of drug-likeness (QED) is 0.709. The van der Waals surface area contributed by atoms with Gasteiger partial charge in [0.1, 0.15) is 0 Å². The molecule has 0 radical (unpaired) electrons. The van der Waals surface area contributed by atoms with Crippen LogP contribution in [0, 0.1) is 0 Å². The van der Waals surface area contributed by atoms with Crippen LogP contribution in [0.1, 0.15) is 33.1 Å². The Morgan fingerprint density at radius 1 is 1.50 bits per heavy atom. The van der Waals surface area contributed by atoms with Gasteiger partial charge in [0.2, 0.25) is 10.0 Å². The van der Waals surface area contributed by atoms with E-state index in [0.717, 1.165) is 12.8 Å². The summed E-state index contributed by atoms with van der Waals surface area (Å²) in [6.07, 6.45) is 1.50. The lowest BCUT2D eigenvalue weighted by molar-refractivity contribution is 0.127. The minimum Gasteiger partial charge on any atom is -0.393 e. The molecule has 16 heavy (non-hydrogen) atoms. The molecule has 3 atom stereocenters. The molecule has 6 heteroatoms. The van der Waals surface area contributed by atoms with Crippen molar-refractivity contribution in [2.75, 3.05) is 12.4 Å². The van der Waals surface area contributed by atoms with Crippen molar-refractivity contribution in [3.05, 3.63) is 0 Å². The molecule has 1 saturated heterocycles. The van der Waals surface area contributed by atoms with E-state index in [2.05, 4.69) is 4.72 Å². The van der Waals surface area contributed by atoms with Crippen molar-refractivity contribution in [3.63, 3.8) is 0 Å². The van der Waals surface area contributed by atoms with Crippen LogP contribution in [0.2, 0.25) is 0 Å². The Kier molecular flexibility index (Phi) is 5.17. The predicted octanol–water partition coefficient (Wildman–Crippen LogP) is 0.244. The third-order valence-corrected chi connectivity index (χ3v) is 4.08. The third-order valence-electron chi connectivity index (χ3n) is 2.50. The monoisotopic (exact) mass is 251 g/mol. The average molecular weight is 251 g/mol. The molecule has 0 aromatic heterocycles. The first kappa shape index (κ1) is 13.9. The van der Waals surface area contributed by atoms with Crippen molar-refractivity contribution in [1.29, 1.82) is 0 Å². The number of sulfonamides is 1. The van der Waals surface area contributed by atoms with Crippen molar-refractivity contribution in [3.8, 4) is 0 Å². The number of hydrogen-bond donors (Lipinski definition) is 2. The van der Waals surface area contributed by atoms with Gasteiger partial charge >= 0.3 is 0 Å². The minimum atomic E-state index is -3.30. The molecule has 0 saturated carbocycles. The van der Waals surface area contributed by atoms with Gasteiger partial charge in [-0.05, 0) is 33.1 Å². The van der Waals surface area contributed by atoms with Gasteiger partial charge in [-0.1, -0.05) is 0 Å². The smallest absolute Gasteiger partial charge is 0.214 e. The summed E-state index contributed by atoms with van der Waals surface area (Å²) in [5, 5.41) is 9.14. The highest BCUT2D eigenvalue weighted by Gasteiger charge is 2.24. The van der Waals surface area contributed by atoms with E-state index in [1.54, 1.807) is 13.8 Å². The van der Waals surface area contributed by atoms with E-state index in [4.69, 9.17) is 9.84 Å². The summed E-state index contributed by atoms with van der Waals surface area (Å²) in [6, 6.07) is -0.244. The van der Waals surface area contributed by atoms with E-state index in [1.807, 2.05) is 0 Å². The van der Waals surface area contributed by atoms with Gasteiger partial charge in [-0.25, -0.2) is 13.1 Å². The molecule has 0 amide bonds. The Morgan fingerprint density at radius 3 is 2.69 bits per heavy atom. The molecule has 2 N–H and O–H groups in total. The van der Waals surface area contributed by atoms with Crippen LogP contribution in [0.3, 0.4) is 0 Å². The van der Waals surface area contributed by atoms with E-state index < -0.39 is 16.1 Å². The molecule has 0 bridgehead atoms. The molecule has 5 nitrogen and oxygen atoms in total. The maximum atomic E-state index is 11.7. The molecule has 1 heterocycles. The largest absolute Gasteiger partial charge is 0.393 e. The highest BCUT2D eigenvalue weighted by Crippen LogP contribution is 2.13. The fourth-order valence-electron chi connectivity index (χ4n) is 1.93. The lowest BCUT2D eigenvalue weighted by Crippen LogP contribution is -2.38. The first-order valence-corrected chi connectivity index (χ1v) is 7.34. The summed E-state index contributed by atoms with van der Waals surface area (Å²) < 4.78 is 31.2. The van der Waals surface area contributed by atoms with Gasteiger partial charge in [0.05, 0.1) is 18.0 Å². The SMILES string of the molecule is CC(O)CC(C)NS(=O)(=O)CC1CCCO1. The second kappa shape index (κ2) is 5.95. The number of aliphatic hydroxyl groups excluding tert-OH is 1. The summed E-state index contributed by atoms with van der Waals surface area (Å²) in [7, 11) is -3.30. The Balaban J connectivity index is 2.38. The number of ether oxygens (including phenoxy) is 1. The Labute approximate surface area is 97.2 Å². The Bertz CT molecular complexity index is 296. The molecular weight excluding hydrogens is 230 g/mol. The number of nitrogens with one attached hydrogen (secondary N) is 1. The molecule has 0 aromatic rings. The van der Waals surface area contributed by atoms with Gasteiger partial charge in [0, 0.05) is 12.6 Å². The maximum Gasteiger partial charge on any atom is 0.214 e. The molecule has 3 unspecified atom stereocenters. The van der Waals surface area contributed by atoms with Crippen molar-refractivity contribution in [2.45, 2.75) is 51.4 Å². The zero-order chi connectivity index (χ0) is 12.2. The standard InChI is InChI=1S/C10H21NO4S/c1-8(6-9(2)12)11-16(13,14)7-10-4-3-5-15-10/h8-12H,3-7H2,1-2H3. The lowest BCUT2D eigenvalue weighted by atomic mass is 10.2. The fourth-order valence-corrected chi connectivity index (χ4v) is 3.49. The molecule has 1 aliphatic heterocycles. The van der Waals surface area contributed by atoms with Gasteiger partial charge in [-0.15, -0.1) is 0 Å². The predicted molar refractivity (Wildman–Crippen MR) is 61.7 cm³/mol. The van der Waals surface area contributed by atoms with Crippen molar-refractivity contribution in [2.24, 2.45) is 0 Å². The molecule has 1 aliphatic rings. The van der Waals surface area contributed by atoms with Crippen LogP contribution in [0.25, 0.3) is 0 Å². The summed E-state index contributed by atoms with van der Waals surface area (Å²) in [5.41, 5.74) is 0. The Hall–Kier alpha value is -0.170. The first-order chi connectivity index (χ1) is 7.39. The second-order valence-corrected chi connectivity index (χ2v) is 6.32. The van der Waals surface area contributed by atoms with Gasteiger partial charge in [0.25, 0.3) is 0 Å². The first-order valence-electron chi connectivity index (χ1n) is 5.69. The summed E-state index contributed by atoms with van der Waals surface area (Å²) in [6.45, 7) is 4.05. The normalized spacial score (nSPS) is 25.6. The van der Waals surface area contributed by atoms with E-state index >= 15 is 0 Å². The van der Waals surface area contributed by atoms with Gasteiger partial charge in [-0.3, -0.25) is 0 Å². The number of hydrogen-bond acceptors (Lipinski definition) is 4. The third kappa shape index (κ3) is 5.25. The molecule has 1 rings (SSSR count). The van der Waals surface area contributed by atoms with Gasteiger partial charge in [0.15, 0.2) is 0 Å². The zero-order valence-corrected chi connectivity index (χ0v) is 10.7. The number of aliphatic hydroxyl groups is 1. The van der Waals surface area contributed by atoms with Crippen LogP contribution >= 0.6 is 0 Å². The van der Waals surface area contributed by atoms with Crippen molar-refractivity contribution >= 4 is 10.0 Å². The highest BCUT2D eigenvalue weighted by molar-refractivity contribution is 7.89. The molecule has 0 aliphatic carbocycles. The average Bonchev–Trinajstić information content (AvgIpc) is 2.51. The van der Waals surface area contributed by atoms with Crippen LogP contribution in [-0.4, -0.2) is 44.1 Å². The van der Waals surface area contributed by atoms with E-state index in [0.29, 0.717) is 13.0 Å². The Morgan fingerprint density at radius 2 is 2.19 bits per heavy atom. The summed E-state index contributed by atoms with van der Waals surface area (Å²) in [4.78, 5) is 0. The van der Waals surface area contributed by atoms with Crippen LogP contribution in [0.15, 0.2) is 0 Å². The van der Waals surface area contributed by atoms with Gasteiger partial charge in [-0.2, -0.15) is 0 Å².